The molecule has 4 rings (SSSR count). The van der Waals surface area contributed by atoms with E-state index in [0.29, 0.717) is 18.1 Å². The van der Waals surface area contributed by atoms with E-state index in [4.69, 9.17) is 0 Å². The molecular weight excluding hydrogens is 422 g/mol. The average molecular weight is 450 g/mol. The summed E-state index contributed by atoms with van der Waals surface area (Å²) in [5.41, 5.74) is 4.89. The lowest BCUT2D eigenvalue weighted by atomic mass is 9.99. The normalized spacial score (nSPS) is 16.0. The number of benzene rings is 2. The topological polar surface area (TPSA) is 87.2 Å². The van der Waals surface area contributed by atoms with Crippen molar-refractivity contribution in [2.24, 2.45) is 0 Å². The molecule has 1 aliphatic heterocycles. The molecule has 2 heterocycles. The Labute approximate surface area is 191 Å². The molecule has 3 aromatic rings. The molecule has 1 aromatic heterocycles. The SMILES string of the molecule is Cc1ccc(NC(=O)c2nnc(C3CCCN(C(=O)Nc4ccc(C)cc4C)C3)s2)cc1. The number of aryl methyl sites for hydroxylation is 3. The van der Waals surface area contributed by atoms with E-state index in [9.17, 15) is 9.59 Å². The summed E-state index contributed by atoms with van der Waals surface area (Å²) in [6, 6.07) is 13.5. The van der Waals surface area contributed by atoms with Crippen molar-refractivity contribution < 1.29 is 9.59 Å². The van der Waals surface area contributed by atoms with Crippen molar-refractivity contribution in [2.75, 3.05) is 23.7 Å². The van der Waals surface area contributed by atoms with Gasteiger partial charge in [-0.3, -0.25) is 4.79 Å². The maximum atomic E-state index is 12.8. The van der Waals surface area contributed by atoms with E-state index in [2.05, 4.69) is 26.9 Å². The molecule has 0 bridgehead atoms. The minimum Gasteiger partial charge on any atom is -0.324 e. The molecule has 166 valence electrons. The lowest BCUT2D eigenvalue weighted by molar-refractivity contribution is 0.102. The van der Waals surface area contributed by atoms with Gasteiger partial charge in [-0.15, -0.1) is 10.2 Å². The fourth-order valence-electron chi connectivity index (χ4n) is 3.82. The van der Waals surface area contributed by atoms with Crippen molar-refractivity contribution in [1.29, 1.82) is 0 Å². The van der Waals surface area contributed by atoms with Gasteiger partial charge in [0.05, 0.1) is 0 Å². The van der Waals surface area contributed by atoms with Crippen molar-refractivity contribution in [3.63, 3.8) is 0 Å². The largest absolute Gasteiger partial charge is 0.324 e. The zero-order valence-corrected chi connectivity index (χ0v) is 19.3. The van der Waals surface area contributed by atoms with Crippen LogP contribution in [0, 0.1) is 20.8 Å². The van der Waals surface area contributed by atoms with Gasteiger partial charge in [0.15, 0.2) is 0 Å². The Bertz CT molecular complexity index is 1130. The summed E-state index contributed by atoms with van der Waals surface area (Å²) in [5, 5.41) is 15.4. The van der Waals surface area contributed by atoms with Crippen LogP contribution in [-0.2, 0) is 0 Å². The highest BCUT2D eigenvalue weighted by molar-refractivity contribution is 7.13. The molecule has 0 radical (unpaired) electrons. The zero-order chi connectivity index (χ0) is 22.7. The Balaban J connectivity index is 1.39. The van der Waals surface area contributed by atoms with Gasteiger partial charge in [0.1, 0.15) is 5.01 Å². The third-order valence-corrected chi connectivity index (χ3v) is 6.71. The summed E-state index contributed by atoms with van der Waals surface area (Å²) in [6.07, 6.45) is 1.80. The number of anilines is 2. The van der Waals surface area contributed by atoms with Crippen molar-refractivity contribution in [1.82, 2.24) is 15.1 Å². The van der Waals surface area contributed by atoms with Gasteiger partial charge >= 0.3 is 6.03 Å². The van der Waals surface area contributed by atoms with Gasteiger partial charge in [0.25, 0.3) is 5.91 Å². The van der Waals surface area contributed by atoms with E-state index in [-0.39, 0.29) is 17.9 Å². The standard InChI is InChI=1S/C24H27N5O2S/c1-15-6-9-19(10-7-15)25-21(30)23-28-27-22(32-23)18-5-4-12-29(14-18)24(31)26-20-11-8-16(2)13-17(20)3/h6-11,13,18H,4-5,12,14H2,1-3H3,(H,25,30)(H,26,31). The van der Waals surface area contributed by atoms with Crippen LogP contribution in [0.5, 0.6) is 0 Å². The van der Waals surface area contributed by atoms with Crippen LogP contribution >= 0.6 is 11.3 Å². The molecule has 32 heavy (non-hydrogen) atoms. The summed E-state index contributed by atoms with van der Waals surface area (Å²) in [7, 11) is 0. The Morgan fingerprint density at radius 2 is 1.75 bits per heavy atom. The lowest BCUT2D eigenvalue weighted by Gasteiger charge is -2.31. The highest BCUT2D eigenvalue weighted by Gasteiger charge is 2.28. The number of hydrogen-bond donors (Lipinski definition) is 2. The number of amides is 3. The van der Waals surface area contributed by atoms with Crippen LogP contribution in [0.2, 0.25) is 0 Å². The highest BCUT2D eigenvalue weighted by Crippen LogP contribution is 2.30. The quantitative estimate of drug-likeness (QED) is 0.578. The molecule has 3 amide bonds. The van der Waals surface area contributed by atoms with Crippen LogP contribution in [0.4, 0.5) is 16.2 Å². The molecule has 0 aliphatic carbocycles. The van der Waals surface area contributed by atoms with Crippen LogP contribution in [0.25, 0.3) is 0 Å². The first-order chi connectivity index (χ1) is 15.4. The molecule has 8 heteroatoms. The molecule has 1 fully saturated rings. The van der Waals surface area contributed by atoms with E-state index >= 15 is 0 Å². The van der Waals surface area contributed by atoms with Crippen molar-refractivity contribution in [3.05, 3.63) is 69.2 Å². The summed E-state index contributed by atoms with van der Waals surface area (Å²) in [6.45, 7) is 7.29. The maximum absolute atomic E-state index is 12.8. The summed E-state index contributed by atoms with van der Waals surface area (Å²) in [4.78, 5) is 27.2. The van der Waals surface area contributed by atoms with Crippen molar-refractivity contribution in [2.45, 2.75) is 39.5 Å². The van der Waals surface area contributed by atoms with Gasteiger partial charge in [-0.25, -0.2) is 4.79 Å². The predicted octanol–water partition coefficient (Wildman–Crippen LogP) is 5.13. The Kier molecular flexibility index (Phi) is 6.50. The van der Waals surface area contributed by atoms with Crippen molar-refractivity contribution >= 4 is 34.6 Å². The zero-order valence-electron chi connectivity index (χ0n) is 18.5. The number of rotatable bonds is 4. The van der Waals surface area contributed by atoms with Gasteiger partial charge in [0.2, 0.25) is 5.01 Å². The number of nitrogens with zero attached hydrogens (tertiary/aromatic N) is 3. The minimum absolute atomic E-state index is 0.0760. The highest BCUT2D eigenvalue weighted by atomic mass is 32.1. The van der Waals surface area contributed by atoms with E-state index < -0.39 is 0 Å². The molecule has 1 aliphatic rings. The maximum Gasteiger partial charge on any atom is 0.321 e. The van der Waals surface area contributed by atoms with Gasteiger partial charge < -0.3 is 15.5 Å². The number of piperidine rings is 1. The molecule has 1 saturated heterocycles. The second kappa shape index (κ2) is 9.48. The Hall–Kier alpha value is -3.26. The van der Waals surface area contributed by atoms with Gasteiger partial charge in [-0.1, -0.05) is 46.7 Å². The first kappa shape index (κ1) is 22.0. The summed E-state index contributed by atoms with van der Waals surface area (Å²) < 4.78 is 0. The lowest BCUT2D eigenvalue weighted by Crippen LogP contribution is -2.41. The fourth-order valence-corrected chi connectivity index (χ4v) is 4.69. The molecule has 0 spiro atoms. The van der Waals surface area contributed by atoms with E-state index in [1.807, 2.05) is 62.1 Å². The number of nitrogens with one attached hydrogen (secondary N) is 2. The van der Waals surface area contributed by atoms with E-state index in [1.165, 1.54) is 11.3 Å². The second-order valence-corrected chi connectivity index (χ2v) is 9.31. The first-order valence-corrected chi connectivity index (χ1v) is 11.6. The van der Waals surface area contributed by atoms with Gasteiger partial charge in [-0.05, 0) is 57.4 Å². The Morgan fingerprint density at radius 3 is 2.50 bits per heavy atom. The van der Waals surface area contributed by atoms with Gasteiger partial charge in [-0.2, -0.15) is 0 Å². The number of carbonyl (C=O) groups excluding carboxylic acids is 2. The third-order valence-electron chi connectivity index (χ3n) is 5.63. The number of aromatic nitrogens is 2. The van der Waals surface area contributed by atoms with Crippen LogP contribution in [0.1, 0.15) is 50.3 Å². The third kappa shape index (κ3) is 5.13. The fraction of sp³-hybridized carbons (Fsp3) is 0.333. The van der Waals surface area contributed by atoms with Crippen LogP contribution in [-0.4, -0.2) is 40.1 Å². The van der Waals surface area contributed by atoms with E-state index in [1.54, 1.807) is 0 Å². The number of likely N-dealkylation sites (tertiary alicyclic amines) is 1. The molecule has 0 saturated carbocycles. The first-order valence-electron chi connectivity index (χ1n) is 10.7. The monoisotopic (exact) mass is 449 g/mol. The molecule has 1 atom stereocenters. The molecule has 1 unspecified atom stereocenters. The summed E-state index contributed by atoms with van der Waals surface area (Å²) >= 11 is 1.30. The predicted molar refractivity (Wildman–Crippen MR) is 128 cm³/mol. The number of hydrogen-bond acceptors (Lipinski definition) is 5. The van der Waals surface area contributed by atoms with Crippen LogP contribution in [0.15, 0.2) is 42.5 Å². The molecular formula is C24H27N5O2S. The van der Waals surface area contributed by atoms with Crippen molar-refractivity contribution in [3.8, 4) is 0 Å². The molecule has 7 nitrogen and oxygen atoms in total. The molecule has 2 aromatic carbocycles. The number of urea groups is 1. The average Bonchev–Trinajstić information content (AvgIpc) is 3.28. The number of carbonyl (C=O) groups is 2. The molecule has 2 N–H and O–H groups in total. The second-order valence-electron chi connectivity index (χ2n) is 8.30. The van der Waals surface area contributed by atoms with E-state index in [0.717, 1.165) is 45.9 Å². The Morgan fingerprint density at radius 1 is 1.00 bits per heavy atom. The summed E-state index contributed by atoms with van der Waals surface area (Å²) in [5.74, 6) is -0.190. The van der Waals surface area contributed by atoms with Crippen LogP contribution < -0.4 is 10.6 Å². The minimum atomic E-state index is -0.266. The smallest absolute Gasteiger partial charge is 0.321 e. The van der Waals surface area contributed by atoms with Gasteiger partial charge in [0, 0.05) is 30.4 Å². The van der Waals surface area contributed by atoms with Crippen LogP contribution in [0.3, 0.4) is 0 Å².